The van der Waals surface area contributed by atoms with Crippen molar-refractivity contribution in [2.24, 2.45) is 11.7 Å². The van der Waals surface area contributed by atoms with Crippen molar-refractivity contribution < 1.29 is 0 Å². The first-order valence-corrected chi connectivity index (χ1v) is 7.26. The summed E-state index contributed by atoms with van der Waals surface area (Å²) in [6.07, 6.45) is 10.7. The Kier molecular flexibility index (Phi) is 3.98. The van der Waals surface area contributed by atoms with Gasteiger partial charge in [-0.25, -0.2) is 0 Å². The van der Waals surface area contributed by atoms with Crippen LogP contribution < -0.4 is 5.73 Å². The Hall–Kier alpha value is -0.410. The predicted molar refractivity (Wildman–Crippen MR) is 69.6 cm³/mol. The molecule has 0 atom stereocenters. The first kappa shape index (κ1) is 12.1. The number of aromatic nitrogens is 1. The first-order chi connectivity index (χ1) is 7.72. The Morgan fingerprint density at radius 1 is 1.50 bits per heavy atom. The van der Waals surface area contributed by atoms with E-state index < -0.39 is 0 Å². The van der Waals surface area contributed by atoms with E-state index in [9.17, 15) is 0 Å². The maximum atomic E-state index is 6.49. The molecule has 90 valence electrons. The second-order valence-corrected chi connectivity index (χ2v) is 6.21. The summed E-state index contributed by atoms with van der Waals surface area (Å²) in [5, 5.41) is 0. The van der Waals surface area contributed by atoms with Crippen molar-refractivity contribution in [1.82, 2.24) is 4.98 Å². The highest BCUT2D eigenvalue weighted by molar-refractivity contribution is 7.09. The number of hydrogen-bond acceptors (Lipinski definition) is 3. The van der Waals surface area contributed by atoms with Gasteiger partial charge < -0.3 is 5.73 Å². The van der Waals surface area contributed by atoms with Crippen LogP contribution in [-0.4, -0.2) is 10.5 Å². The molecule has 1 aromatic heterocycles. The quantitative estimate of drug-likeness (QED) is 0.873. The van der Waals surface area contributed by atoms with Crippen molar-refractivity contribution in [2.45, 2.75) is 57.4 Å². The van der Waals surface area contributed by atoms with Gasteiger partial charge in [0.15, 0.2) is 0 Å². The molecule has 1 aromatic rings. The number of thiazole rings is 1. The van der Waals surface area contributed by atoms with Crippen molar-refractivity contribution in [3.8, 4) is 0 Å². The molecule has 0 amide bonds. The molecule has 0 radical (unpaired) electrons. The lowest BCUT2D eigenvalue weighted by Gasteiger charge is -2.37. The zero-order valence-electron chi connectivity index (χ0n) is 10.1. The lowest BCUT2D eigenvalue weighted by Crippen LogP contribution is -2.45. The van der Waals surface area contributed by atoms with E-state index in [0.29, 0.717) is 0 Å². The van der Waals surface area contributed by atoms with Crippen molar-refractivity contribution in [2.75, 3.05) is 0 Å². The Morgan fingerprint density at radius 3 is 2.81 bits per heavy atom. The predicted octanol–water partition coefficient (Wildman–Crippen LogP) is 3.37. The van der Waals surface area contributed by atoms with Gasteiger partial charge in [-0.15, -0.1) is 11.3 Å². The normalized spacial score (nSPS) is 30.5. The fourth-order valence-electron chi connectivity index (χ4n) is 2.80. The van der Waals surface area contributed by atoms with Crippen LogP contribution in [-0.2, 0) is 6.42 Å². The van der Waals surface area contributed by atoms with Crippen LogP contribution in [0.15, 0.2) is 11.7 Å². The molecule has 2 rings (SSSR count). The maximum Gasteiger partial charge on any atom is 0.0794 e. The zero-order chi connectivity index (χ0) is 11.4. The van der Waals surface area contributed by atoms with Crippen LogP contribution in [0.5, 0.6) is 0 Å². The summed E-state index contributed by atoms with van der Waals surface area (Å²) in [5.41, 5.74) is 8.44. The van der Waals surface area contributed by atoms with E-state index >= 15 is 0 Å². The maximum absolute atomic E-state index is 6.49. The van der Waals surface area contributed by atoms with E-state index in [0.717, 1.165) is 12.3 Å². The minimum atomic E-state index is 0.0524. The summed E-state index contributed by atoms with van der Waals surface area (Å²) in [6, 6.07) is 0. The molecule has 0 saturated heterocycles. The van der Waals surface area contributed by atoms with E-state index in [4.69, 9.17) is 5.73 Å². The van der Waals surface area contributed by atoms with Gasteiger partial charge in [-0.3, -0.25) is 4.98 Å². The number of nitrogens with two attached hydrogens (primary N) is 1. The molecule has 2 nitrogen and oxygen atoms in total. The van der Waals surface area contributed by atoms with Gasteiger partial charge in [-0.2, -0.15) is 0 Å². The van der Waals surface area contributed by atoms with Crippen molar-refractivity contribution in [3.63, 3.8) is 0 Å². The van der Waals surface area contributed by atoms with Gasteiger partial charge in [0.1, 0.15) is 0 Å². The second-order valence-electron chi connectivity index (χ2n) is 5.24. The molecule has 2 N–H and O–H groups in total. The Labute approximate surface area is 102 Å². The SMILES string of the molecule is CCCC1CCC(N)(Cc2cncs2)CC1. The minimum absolute atomic E-state index is 0.0524. The summed E-state index contributed by atoms with van der Waals surface area (Å²) in [6.45, 7) is 2.28. The van der Waals surface area contributed by atoms with Crippen molar-refractivity contribution >= 4 is 11.3 Å². The van der Waals surface area contributed by atoms with E-state index in [1.807, 2.05) is 11.7 Å². The van der Waals surface area contributed by atoms with Gasteiger partial charge >= 0.3 is 0 Å². The summed E-state index contributed by atoms with van der Waals surface area (Å²) in [5.74, 6) is 0.933. The topological polar surface area (TPSA) is 38.9 Å². The molecule has 1 aliphatic carbocycles. The van der Waals surface area contributed by atoms with E-state index in [-0.39, 0.29) is 5.54 Å². The lowest BCUT2D eigenvalue weighted by atomic mass is 9.74. The summed E-state index contributed by atoms with van der Waals surface area (Å²) < 4.78 is 0. The third-order valence-corrected chi connectivity index (χ3v) is 4.59. The van der Waals surface area contributed by atoms with Crippen LogP contribution >= 0.6 is 11.3 Å². The molecular weight excluding hydrogens is 216 g/mol. The van der Waals surface area contributed by atoms with Gasteiger partial charge in [0.25, 0.3) is 0 Å². The molecular formula is C13H22N2S. The van der Waals surface area contributed by atoms with Crippen molar-refractivity contribution in [1.29, 1.82) is 0 Å². The highest BCUT2D eigenvalue weighted by Crippen LogP contribution is 2.35. The lowest BCUT2D eigenvalue weighted by molar-refractivity contribution is 0.224. The summed E-state index contributed by atoms with van der Waals surface area (Å²) in [7, 11) is 0. The molecule has 1 aliphatic rings. The molecule has 0 spiro atoms. The van der Waals surface area contributed by atoms with Gasteiger partial charge in [0.2, 0.25) is 0 Å². The van der Waals surface area contributed by atoms with E-state index in [1.165, 1.54) is 43.4 Å². The number of hydrogen-bond donors (Lipinski definition) is 1. The molecule has 1 fully saturated rings. The van der Waals surface area contributed by atoms with Gasteiger partial charge in [0.05, 0.1) is 5.51 Å². The average Bonchev–Trinajstić information content (AvgIpc) is 2.74. The van der Waals surface area contributed by atoms with Gasteiger partial charge in [-0.1, -0.05) is 19.8 Å². The van der Waals surface area contributed by atoms with Crippen LogP contribution in [0.25, 0.3) is 0 Å². The van der Waals surface area contributed by atoms with Gasteiger partial charge in [-0.05, 0) is 31.6 Å². The molecule has 3 heteroatoms. The van der Waals surface area contributed by atoms with Crippen LogP contribution in [0.4, 0.5) is 0 Å². The van der Waals surface area contributed by atoms with E-state index in [2.05, 4.69) is 11.9 Å². The number of rotatable bonds is 4. The first-order valence-electron chi connectivity index (χ1n) is 6.38. The third-order valence-electron chi connectivity index (χ3n) is 3.81. The Morgan fingerprint density at radius 2 is 2.25 bits per heavy atom. The van der Waals surface area contributed by atoms with Gasteiger partial charge in [0, 0.05) is 23.0 Å². The highest BCUT2D eigenvalue weighted by atomic mass is 32.1. The fourth-order valence-corrected chi connectivity index (χ4v) is 3.55. The Balaban J connectivity index is 1.86. The molecule has 0 aromatic carbocycles. The minimum Gasteiger partial charge on any atom is -0.325 e. The molecule has 0 aliphatic heterocycles. The average molecular weight is 238 g/mol. The smallest absolute Gasteiger partial charge is 0.0794 e. The highest BCUT2D eigenvalue weighted by Gasteiger charge is 2.31. The molecule has 0 unspecified atom stereocenters. The zero-order valence-corrected chi connectivity index (χ0v) is 10.9. The standard InChI is InChI=1S/C13H22N2S/c1-2-3-11-4-6-13(14,7-5-11)8-12-9-15-10-16-12/h9-11H,2-8,14H2,1H3. The fraction of sp³-hybridized carbons (Fsp3) is 0.769. The van der Waals surface area contributed by atoms with Crippen molar-refractivity contribution in [3.05, 3.63) is 16.6 Å². The molecule has 16 heavy (non-hydrogen) atoms. The second kappa shape index (κ2) is 5.28. The van der Waals surface area contributed by atoms with Crippen LogP contribution in [0.1, 0.15) is 50.3 Å². The summed E-state index contributed by atoms with van der Waals surface area (Å²) in [4.78, 5) is 5.47. The van der Waals surface area contributed by atoms with Crippen LogP contribution in [0.3, 0.4) is 0 Å². The van der Waals surface area contributed by atoms with E-state index in [1.54, 1.807) is 11.3 Å². The molecule has 1 saturated carbocycles. The largest absolute Gasteiger partial charge is 0.325 e. The monoisotopic (exact) mass is 238 g/mol. The molecule has 1 heterocycles. The van der Waals surface area contributed by atoms with Crippen LogP contribution in [0.2, 0.25) is 0 Å². The molecule has 0 bridgehead atoms. The summed E-state index contributed by atoms with van der Waals surface area (Å²) >= 11 is 1.74. The third kappa shape index (κ3) is 3.05. The number of nitrogens with zero attached hydrogens (tertiary/aromatic N) is 1. The van der Waals surface area contributed by atoms with Crippen LogP contribution in [0, 0.1) is 5.92 Å². The Bertz CT molecular complexity index is 300.